The van der Waals surface area contributed by atoms with Gasteiger partial charge in [-0.3, -0.25) is 0 Å². The lowest BCUT2D eigenvalue weighted by atomic mass is 10.1. The standard InChI is InChI=1S/C24H22N3O3P/c1-2-29-31(28)24(25-21-15-9-10-16-22(21)30-31)20-17-27(19-13-7-4-8-14-19)26-23(20)18-11-5-3-6-12-18/h3-17,24-25H,2H2,1H3. The third-order valence-corrected chi connectivity index (χ3v) is 7.24. The fourth-order valence-electron chi connectivity index (χ4n) is 3.73. The summed E-state index contributed by atoms with van der Waals surface area (Å²) in [5.41, 5.74) is 4.08. The van der Waals surface area contributed by atoms with Gasteiger partial charge in [0, 0.05) is 11.8 Å². The quantitative estimate of drug-likeness (QED) is 0.440. The maximum absolute atomic E-state index is 13.9. The zero-order valence-electron chi connectivity index (χ0n) is 17.0. The monoisotopic (exact) mass is 431 g/mol. The lowest BCUT2D eigenvalue weighted by molar-refractivity contribution is -0.213. The van der Waals surface area contributed by atoms with Gasteiger partial charge in [0.1, 0.15) is 5.69 Å². The van der Waals surface area contributed by atoms with Gasteiger partial charge in [0.2, 0.25) is 5.78 Å². The molecule has 0 radical (unpaired) electrons. The molecular weight excluding hydrogens is 409 g/mol. The lowest BCUT2D eigenvalue weighted by Gasteiger charge is -2.38. The molecule has 156 valence electrons. The molecule has 6 nitrogen and oxygen atoms in total. The smallest absolute Gasteiger partial charge is 0.312 e. The van der Waals surface area contributed by atoms with Crippen molar-refractivity contribution in [2.45, 2.75) is 12.7 Å². The SMILES string of the molecule is CCO[P+]1([O-])Oc2ccccc2NC1c1cn(-c2ccccc2)nc1-c1ccccc1. The number of anilines is 1. The van der Waals surface area contributed by atoms with Crippen LogP contribution in [0.15, 0.2) is 91.1 Å². The molecule has 0 saturated heterocycles. The molecular formula is C24H22N3O3P. The van der Waals surface area contributed by atoms with Gasteiger partial charge in [0.05, 0.1) is 23.5 Å². The number of aromatic nitrogens is 2. The highest BCUT2D eigenvalue weighted by Crippen LogP contribution is 2.68. The van der Waals surface area contributed by atoms with E-state index in [9.17, 15) is 4.89 Å². The first-order chi connectivity index (χ1) is 15.2. The second-order valence-electron chi connectivity index (χ2n) is 7.17. The number of fused-ring (bicyclic) bond motifs is 1. The highest BCUT2D eigenvalue weighted by atomic mass is 31.2. The van der Waals surface area contributed by atoms with Crippen LogP contribution in [0.3, 0.4) is 0 Å². The van der Waals surface area contributed by atoms with Crippen molar-refractivity contribution in [3.05, 3.63) is 96.7 Å². The van der Waals surface area contributed by atoms with E-state index in [0.717, 1.165) is 28.2 Å². The number of nitrogens with zero attached hydrogens (tertiary/aromatic N) is 2. The summed E-state index contributed by atoms with van der Waals surface area (Å²) in [6.07, 6.45) is 1.90. The number of rotatable bonds is 5. The Morgan fingerprint density at radius 3 is 2.42 bits per heavy atom. The van der Waals surface area contributed by atoms with Gasteiger partial charge in [-0.25, -0.2) is 4.68 Å². The minimum atomic E-state index is -3.57. The minimum absolute atomic E-state index is 0.269. The highest BCUT2D eigenvalue weighted by Gasteiger charge is 2.49. The molecule has 0 fully saturated rings. The van der Waals surface area contributed by atoms with Gasteiger partial charge in [-0.05, 0) is 31.2 Å². The van der Waals surface area contributed by atoms with Crippen molar-refractivity contribution in [2.75, 3.05) is 11.9 Å². The Morgan fingerprint density at radius 1 is 1.00 bits per heavy atom. The largest absolute Gasteiger partial charge is 0.622 e. The Balaban J connectivity index is 1.68. The van der Waals surface area contributed by atoms with Crippen LogP contribution < -0.4 is 14.7 Å². The third-order valence-electron chi connectivity index (χ3n) is 5.14. The summed E-state index contributed by atoms with van der Waals surface area (Å²) in [6.45, 7) is 2.08. The Bertz CT molecular complexity index is 1180. The summed E-state index contributed by atoms with van der Waals surface area (Å²) >= 11 is 0. The molecule has 0 bridgehead atoms. The molecule has 1 aliphatic rings. The predicted molar refractivity (Wildman–Crippen MR) is 121 cm³/mol. The van der Waals surface area contributed by atoms with Crippen LogP contribution in [0.2, 0.25) is 0 Å². The molecule has 31 heavy (non-hydrogen) atoms. The summed E-state index contributed by atoms with van der Waals surface area (Å²) in [7, 11) is -3.57. The number of hydrogen-bond acceptors (Lipinski definition) is 5. The second kappa shape index (κ2) is 8.16. The van der Waals surface area contributed by atoms with Crippen molar-refractivity contribution in [3.8, 4) is 22.7 Å². The maximum atomic E-state index is 13.9. The molecule has 0 amide bonds. The van der Waals surface area contributed by atoms with Crippen LogP contribution in [0, 0.1) is 0 Å². The van der Waals surface area contributed by atoms with Crippen molar-refractivity contribution in [1.29, 1.82) is 0 Å². The van der Waals surface area contributed by atoms with E-state index in [1.54, 1.807) is 10.7 Å². The number of nitrogens with one attached hydrogen (secondary N) is 1. The van der Waals surface area contributed by atoms with Crippen LogP contribution in [0.25, 0.3) is 16.9 Å². The van der Waals surface area contributed by atoms with Gasteiger partial charge in [-0.1, -0.05) is 60.7 Å². The van der Waals surface area contributed by atoms with Gasteiger partial charge in [-0.15, -0.1) is 0 Å². The Hall–Kier alpha value is -3.18. The van der Waals surface area contributed by atoms with E-state index in [4.69, 9.17) is 14.1 Å². The summed E-state index contributed by atoms with van der Waals surface area (Å²) < 4.78 is 13.5. The van der Waals surface area contributed by atoms with E-state index >= 15 is 0 Å². The van der Waals surface area contributed by atoms with Crippen molar-refractivity contribution in [2.24, 2.45) is 0 Å². The van der Waals surface area contributed by atoms with E-state index in [1.165, 1.54) is 0 Å². The molecule has 0 saturated carbocycles. The van der Waals surface area contributed by atoms with Crippen LogP contribution in [0.5, 0.6) is 5.75 Å². The Labute approximate surface area is 181 Å². The summed E-state index contributed by atoms with van der Waals surface area (Å²) in [6, 6.07) is 27.2. The minimum Gasteiger partial charge on any atom is -0.622 e. The van der Waals surface area contributed by atoms with Gasteiger partial charge < -0.3 is 14.7 Å². The molecule has 1 aromatic heterocycles. The van der Waals surface area contributed by atoms with Crippen molar-refractivity contribution >= 4 is 13.6 Å². The molecule has 1 aliphatic heterocycles. The van der Waals surface area contributed by atoms with E-state index in [2.05, 4.69) is 5.32 Å². The van der Waals surface area contributed by atoms with Gasteiger partial charge in [0.15, 0.2) is 5.75 Å². The molecule has 0 spiro atoms. The number of benzene rings is 3. The van der Waals surface area contributed by atoms with Crippen LogP contribution in [-0.4, -0.2) is 16.4 Å². The first-order valence-corrected chi connectivity index (χ1v) is 11.8. The van der Waals surface area contributed by atoms with Crippen LogP contribution in [0.1, 0.15) is 18.3 Å². The zero-order chi connectivity index (χ0) is 21.3. The zero-order valence-corrected chi connectivity index (χ0v) is 17.9. The number of hydrogen-bond donors (Lipinski definition) is 1. The highest BCUT2D eigenvalue weighted by molar-refractivity contribution is 7.60. The summed E-state index contributed by atoms with van der Waals surface area (Å²) in [5.74, 6) is -0.178. The van der Waals surface area contributed by atoms with Gasteiger partial charge in [-0.2, -0.15) is 9.62 Å². The molecule has 2 heterocycles. The van der Waals surface area contributed by atoms with Crippen molar-refractivity contribution < 1.29 is 13.9 Å². The molecule has 5 rings (SSSR count). The molecule has 0 aliphatic carbocycles. The second-order valence-corrected chi connectivity index (χ2v) is 9.21. The summed E-state index contributed by atoms with van der Waals surface area (Å²) in [4.78, 5) is 13.9. The fourth-order valence-corrected chi connectivity index (χ4v) is 5.66. The average molecular weight is 431 g/mol. The summed E-state index contributed by atoms with van der Waals surface area (Å²) in [5, 5.41) is 8.25. The molecule has 7 heteroatoms. The predicted octanol–water partition coefficient (Wildman–Crippen LogP) is 5.20. The molecule has 2 atom stereocenters. The Morgan fingerprint density at radius 2 is 1.68 bits per heavy atom. The van der Waals surface area contributed by atoms with E-state index < -0.39 is 13.7 Å². The van der Waals surface area contributed by atoms with Gasteiger partial charge in [0.25, 0.3) is 0 Å². The molecule has 2 unspecified atom stereocenters. The van der Waals surface area contributed by atoms with E-state index in [0.29, 0.717) is 5.75 Å². The molecule has 4 aromatic rings. The first kappa shape index (κ1) is 19.8. The number of para-hydroxylation sites is 3. The molecule has 1 N–H and O–H groups in total. The van der Waals surface area contributed by atoms with Crippen LogP contribution in [0.4, 0.5) is 5.69 Å². The van der Waals surface area contributed by atoms with Gasteiger partial charge >= 0.3 is 7.94 Å². The first-order valence-electron chi connectivity index (χ1n) is 10.2. The van der Waals surface area contributed by atoms with Crippen molar-refractivity contribution in [3.63, 3.8) is 0 Å². The van der Waals surface area contributed by atoms with Crippen LogP contribution >= 0.6 is 7.94 Å². The fraction of sp³-hybridized carbons (Fsp3) is 0.125. The lowest BCUT2D eigenvalue weighted by Crippen LogP contribution is -2.32. The van der Waals surface area contributed by atoms with E-state index in [1.807, 2.05) is 92.0 Å². The normalized spacial score (nSPS) is 19.9. The van der Waals surface area contributed by atoms with E-state index in [-0.39, 0.29) is 6.61 Å². The average Bonchev–Trinajstić information content (AvgIpc) is 3.25. The van der Waals surface area contributed by atoms with Crippen LogP contribution in [-0.2, 0) is 4.52 Å². The van der Waals surface area contributed by atoms with Crippen molar-refractivity contribution in [1.82, 2.24) is 9.78 Å². The molecule has 3 aromatic carbocycles. The topological polar surface area (TPSA) is 71.4 Å². The maximum Gasteiger partial charge on any atom is 0.312 e. The third kappa shape index (κ3) is 3.70. The Kier molecular flexibility index (Phi) is 5.20.